The maximum absolute atomic E-state index is 11.4. The molecule has 1 unspecified atom stereocenters. The molecular weight excluding hydrogens is 248 g/mol. The molecule has 1 rings (SSSR count). The van der Waals surface area contributed by atoms with E-state index in [0.717, 1.165) is 5.56 Å². The van der Waals surface area contributed by atoms with E-state index in [9.17, 15) is 14.9 Å². The van der Waals surface area contributed by atoms with Gasteiger partial charge in [0.25, 0.3) is 5.69 Å². The van der Waals surface area contributed by atoms with E-state index in [2.05, 4.69) is 4.74 Å². The first kappa shape index (κ1) is 14.9. The van der Waals surface area contributed by atoms with Gasteiger partial charge >= 0.3 is 5.97 Å². The molecule has 0 radical (unpaired) electrons. The van der Waals surface area contributed by atoms with E-state index in [0.29, 0.717) is 12.2 Å². The Bertz CT molecular complexity index is 488. The number of aryl methyl sites for hydroxylation is 1. The third-order valence-corrected chi connectivity index (χ3v) is 2.89. The molecule has 1 aromatic rings. The Kier molecular flexibility index (Phi) is 4.86. The van der Waals surface area contributed by atoms with Crippen molar-refractivity contribution >= 4 is 17.3 Å². The second kappa shape index (κ2) is 6.17. The molecule has 6 heteroatoms. The van der Waals surface area contributed by atoms with Gasteiger partial charge in [-0.1, -0.05) is 13.0 Å². The molecule has 104 valence electrons. The predicted molar refractivity (Wildman–Crippen MR) is 72.3 cm³/mol. The third kappa shape index (κ3) is 3.67. The van der Waals surface area contributed by atoms with Crippen molar-refractivity contribution in [2.75, 3.05) is 25.6 Å². The predicted octanol–water partition coefficient (Wildman–Crippen LogP) is 2.15. The highest BCUT2D eigenvalue weighted by Crippen LogP contribution is 2.28. The van der Waals surface area contributed by atoms with E-state index < -0.39 is 4.92 Å². The average molecular weight is 266 g/mol. The summed E-state index contributed by atoms with van der Waals surface area (Å²) in [6, 6.07) is 4.91. The summed E-state index contributed by atoms with van der Waals surface area (Å²) >= 11 is 0. The number of carbonyl (C=O) groups is 1. The van der Waals surface area contributed by atoms with Crippen LogP contribution in [0, 0.1) is 23.0 Å². The normalized spacial score (nSPS) is 11.8. The summed E-state index contributed by atoms with van der Waals surface area (Å²) in [6.45, 7) is 3.95. The topological polar surface area (TPSA) is 72.7 Å². The number of carbonyl (C=O) groups excluding carboxylic acids is 1. The summed E-state index contributed by atoms with van der Waals surface area (Å²) in [7, 11) is 3.05. The fraction of sp³-hybridized carbons (Fsp3) is 0.462. The lowest BCUT2D eigenvalue weighted by Crippen LogP contribution is -2.29. The Morgan fingerprint density at radius 1 is 1.53 bits per heavy atom. The molecule has 0 saturated heterocycles. The Hall–Kier alpha value is -2.11. The first-order chi connectivity index (χ1) is 8.86. The summed E-state index contributed by atoms with van der Waals surface area (Å²) in [6.07, 6.45) is 0. The highest BCUT2D eigenvalue weighted by Gasteiger charge is 2.21. The van der Waals surface area contributed by atoms with Gasteiger partial charge in [0.1, 0.15) is 5.69 Å². The van der Waals surface area contributed by atoms with Crippen molar-refractivity contribution in [2.45, 2.75) is 13.8 Å². The number of nitro benzene ring substituents is 1. The van der Waals surface area contributed by atoms with E-state index in [-0.39, 0.29) is 17.6 Å². The van der Waals surface area contributed by atoms with Crippen LogP contribution in [-0.4, -0.2) is 31.6 Å². The van der Waals surface area contributed by atoms with E-state index in [1.165, 1.54) is 13.2 Å². The Balaban J connectivity index is 2.98. The summed E-state index contributed by atoms with van der Waals surface area (Å²) in [5, 5.41) is 11.0. The van der Waals surface area contributed by atoms with Crippen molar-refractivity contribution in [2.24, 2.45) is 5.92 Å². The van der Waals surface area contributed by atoms with Crippen LogP contribution < -0.4 is 4.90 Å². The van der Waals surface area contributed by atoms with Crippen LogP contribution in [0.3, 0.4) is 0 Å². The molecule has 0 spiro atoms. The van der Waals surface area contributed by atoms with Gasteiger partial charge in [-0.3, -0.25) is 14.9 Å². The largest absolute Gasteiger partial charge is 0.469 e. The molecule has 6 nitrogen and oxygen atoms in total. The lowest BCUT2D eigenvalue weighted by Gasteiger charge is -2.22. The molecule has 0 fully saturated rings. The molecule has 0 amide bonds. The fourth-order valence-electron chi connectivity index (χ4n) is 1.88. The molecular formula is C13H18N2O4. The molecule has 1 aromatic carbocycles. The molecule has 1 atom stereocenters. The van der Waals surface area contributed by atoms with Crippen molar-refractivity contribution in [3.63, 3.8) is 0 Å². The zero-order valence-corrected chi connectivity index (χ0v) is 11.5. The summed E-state index contributed by atoms with van der Waals surface area (Å²) in [5.74, 6) is -0.683. The van der Waals surface area contributed by atoms with Gasteiger partial charge < -0.3 is 9.64 Å². The quantitative estimate of drug-likeness (QED) is 0.464. The van der Waals surface area contributed by atoms with Gasteiger partial charge in [-0.2, -0.15) is 0 Å². The number of nitro groups is 1. The molecule has 19 heavy (non-hydrogen) atoms. The van der Waals surface area contributed by atoms with Gasteiger partial charge in [0.2, 0.25) is 0 Å². The van der Waals surface area contributed by atoms with Crippen LogP contribution in [0.4, 0.5) is 11.4 Å². The molecule has 0 aliphatic rings. The Labute approximate surface area is 112 Å². The van der Waals surface area contributed by atoms with Crippen LogP contribution in [0.15, 0.2) is 18.2 Å². The Morgan fingerprint density at radius 3 is 2.68 bits per heavy atom. The number of anilines is 1. The fourth-order valence-corrected chi connectivity index (χ4v) is 1.88. The van der Waals surface area contributed by atoms with E-state index in [4.69, 9.17) is 0 Å². The van der Waals surface area contributed by atoms with Crippen LogP contribution in [0.25, 0.3) is 0 Å². The zero-order chi connectivity index (χ0) is 14.6. The molecule has 0 heterocycles. The number of ether oxygens (including phenoxy) is 1. The van der Waals surface area contributed by atoms with Gasteiger partial charge in [0.15, 0.2) is 0 Å². The Morgan fingerprint density at radius 2 is 2.16 bits per heavy atom. The van der Waals surface area contributed by atoms with E-state index >= 15 is 0 Å². The number of esters is 1. The smallest absolute Gasteiger partial charge is 0.310 e. The highest BCUT2D eigenvalue weighted by molar-refractivity contribution is 5.73. The average Bonchev–Trinajstić information content (AvgIpc) is 2.36. The van der Waals surface area contributed by atoms with Crippen molar-refractivity contribution in [3.05, 3.63) is 33.9 Å². The maximum Gasteiger partial charge on any atom is 0.310 e. The van der Waals surface area contributed by atoms with Crippen LogP contribution >= 0.6 is 0 Å². The molecule has 0 aliphatic carbocycles. The van der Waals surface area contributed by atoms with Crippen LogP contribution in [0.1, 0.15) is 12.5 Å². The first-order valence-corrected chi connectivity index (χ1v) is 5.90. The second-order valence-corrected chi connectivity index (χ2v) is 4.55. The molecule has 0 bridgehead atoms. The van der Waals surface area contributed by atoms with Gasteiger partial charge in [0, 0.05) is 19.7 Å². The van der Waals surface area contributed by atoms with Crippen molar-refractivity contribution < 1.29 is 14.5 Å². The minimum atomic E-state index is -0.423. The number of rotatable bonds is 5. The van der Waals surface area contributed by atoms with Gasteiger partial charge in [-0.25, -0.2) is 0 Å². The van der Waals surface area contributed by atoms with Crippen LogP contribution in [0.5, 0.6) is 0 Å². The monoisotopic (exact) mass is 266 g/mol. The van der Waals surface area contributed by atoms with Gasteiger partial charge in [-0.15, -0.1) is 0 Å². The van der Waals surface area contributed by atoms with Crippen molar-refractivity contribution in [1.82, 2.24) is 0 Å². The zero-order valence-electron chi connectivity index (χ0n) is 11.5. The summed E-state index contributed by atoms with van der Waals surface area (Å²) in [4.78, 5) is 23.7. The minimum absolute atomic E-state index is 0.0326. The highest BCUT2D eigenvalue weighted by atomic mass is 16.6. The van der Waals surface area contributed by atoms with Crippen molar-refractivity contribution in [1.29, 1.82) is 0 Å². The van der Waals surface area contributed by atoms with Gasteiger partial charge in [0.05, 0.1) is 18.0 Å². The third-order valence-electron chi connectivity index (χ3n) is 2.89. The number of hydrogen-bond donors (Lipinski definition) is 0. The second-order valence-electron chi connectivity index (χ2n) is 4.55. The first-order valence-electron chi connectivity index (χ1n) is 5.90. The number of hydrogen-bond acceptors (Lipinski definition) is 5. The summed E-state index contributed by atoms with van der Waals surface area (Å²) < 4.78 is 4.65. The van der Waals surface area contributed by atoms with E-state index in [1.54, 1.807) is 31.0 Å². The van der Waals surface area contributed by atoms with Crippen LogP contribution in [0.2, 0.25) is 0 Å². The van der Waals surface area contributed by atoms with Gasteiger partial charge in [-0.05, 0) is 18.6 Å². The van der Waals surface area contributed by atoms with Crippen LogP contribution in [-0.2, 0) is 9.53 Å². The standard InChI is InChI=1S/C13H18N2O4/c1-9-5-6-11(15(17)18)12(7-9)14(3)8-10(2)13(16)19-4/h5-7,10H,8H2,1-4H3. The minimum Gasteiger partial charge on any atom is -0.469 e. The lowest BCUT2D eigenvalue weighted by atomic mass is 10.1. The molecule has 0 aromatic heterocycles. The lowest BCUT2D eigenvalue weighted by molar-refractivity contribution is -0.384. The maximum atomic E-state index is 11.4. The summed E-state index contributed by atoms with van der Waals surface area (Å²) in [5.41, 5.74) is 1.46. The number of nitrogens with zero attached hydrogens (tertiary/aromatic N) is 2. The molecule has 0 N–H and O–H groups in total. The van der Waals surface area contributed by atoms with E-state index in [1.807, 2.05) is 6.92 Å². The number of methoxy groups -OCH3 is 1. The number of benzene rings is 1. The molecule has 0 saturated carbocycles. The molecule has 0 aliphatic heterocycles. The van der Waals surface area contributed by atoms with Crippen molar-refractivity contribution in [3.8, 4) is 0 Å². The SMILES string of the molecule is COC(=O)C(C)CN(C)c1cc(C)ccc1[N+](=O)[O-].